The molecule has 0 aromatic carbocycles. The molecule has 0 aromatic heterocycles. The molecule has 1 saturated heterocycles. The first-order chi connectivity index (χ1) is 15.9. The normalized spacial score (nSPS) is 43.3. The van der Waals surface area contributed by atoms with Crippen LogP contribution in [0.4, 0.5) is 0 Å². The summed E-state index contributed by atoms with van der Waals surface area (Å²) in [5, 5.41) is 20.8. The van der Waals surface area contributed by atoms with Gasteiger partial charge in [0.15, 0.2) is 0 Å². The fraction of sp³-hybridized carbons (Fsp3) is 0.700. The van der Waals surface area contributed by atoms with Gasteiger partial charge in [0.25, 0.3) is 0 Å². The molecular weight excluding hydrogens is 424 g/mol. The van der Waals surface area contributed by atoms with Crippen molar-refractivity contribution in [2.24, 2.45) is 34.5 Å². The predicted octanol–water partition coefficient (Wildman–Crippen LogP) is 5.91. The monoisotopic (exact) mass is 468 g/mol. The van der Waals surface area contributed by atoms with E-state index in [1.165, 1.54) is 31.3 Å². The van der Waals surface area contributed by atoms with E-state index in [4.69, 9.17) is 4.74 Å². The Morgan fingerprint density at radius 1 is 1.18 bits per heavy atom. The van der Waals surface area contributed by atoms with Gasteiger partial charge in [-0.05, 0) is 79.3 Å². The third-order valence-electron chi connectivity index (χ3n) is 10.2. The van der Waals surface area contributed by atoms with E-state index >= 15 is 0 Å². The Morgan fingerprint density at radius 3 is 2.53 bits per heavy atom. The Morgan fingerprint density at radius 2 is 1.88 bits per heavy atom. The van der Waals surface area contributed by atoms with Crippen molar-refractivity contribution >= 4 is 5.97 Å². The van der Waals surface area contributed by atoms with E-state index in [-0.39, 0.29) is 28.8 Å². The van der Waals surface area contributed by atoms with Gasteiger partial charge in [-0.3, -0.25) is 0 Å². The molecule has 0 spiro atoms. The molecule has 4 aliphatic rings. The Bertz CT molecular complexity index is 924. The summed E-state index contributed by atoms with van der Waals surface area (Å²) in [4.78, 5) is 12.1. The van der Waals surface area contributed by atoms with Gasteiger partial charge in [0.2, 0.25) is 0 Å². The van der Waals surface area contributed by atoms with Crippen molar-refractivity contribution in [3.8, 4) is 0 Å². The second kappa shape index (κ2) is 9.09. The quantitative estimate of drug-likeness (QED) is 0.398. The third kappa shape index (κ3) is 4.15. The van der Waals surface area contributed by atoms with Crippen LogP contribution in [0.15, 0.2) is 47.6 Å². The summed E-state index contributed by atoms with van der Waals surface area (Å²) < 4.78 is 5.74. The van der Waals surface area contributed by atoms with Crippen molar-refractivity contribution in [2.45, 2.75) is 97.9 Å². The molecule has 34 heavy (non-hydrogen) atoms. The summed E-state index contributed by atoms with van der Waals surface area (Å²) in [7, 11) is 0. The van der Waals surface area contributed by atoms with Crippen molar-refractivity contribution in [3.63, 3.8) is 0 Å². The first-order valence-corrected chi connectivity index (χ1v) is 13.2. The molecule has 4 fully saturated rings. The molecule has 0 aromatic rings. The van der Waals surface area contributed by atoms with E-state index in [0.29, 0.717) is 29.7 Å². The molecule has 4 nitrogen and oxygen atoms in total. The van der Waals surface area contributed by atoms with E-state index in [1.807, 2.05) is 6.92 Å². The lowest BCUT2D eigenvalue weighted by molar-refractivity contribution is -0.140. The number of aliphatic hydroxyl groups is 2. The molecule has 3 aliphatic carbocycles. The van der Waals surface area contributed by atoms with Crippen LogP contribution >= 0.6 is 0 Å². The molecule has 0 amide bonds. The van der Waals surface area contributed by atoms with Crippen LogP contribution in [0.5, 0.6) is 0 Å². The van der Waals surface area contributed by atoms with Crippen LogP contribution in [0.1, 0.15) is 79.6 Å². The van der Waals surface area contributed by atoms with Crippen LogP contribution in [0.25, 0.3) is 0 Å². The van der Waals surface area contributed by atoms with Gasteiger partial charge < -0.3 is 14.9 Å². The fourth-order valence-corrected chi connectivity index (χ4v) is 7.51. The molecule has 4 rings (SSSR count). The smallest absolute Gasteiger partial charge is 0.334 e. The standard InChI is InChI=1S/C30H44O4/c1-17(15-26-29(5,6)20(4)28(33)34-26)23-12-13-24-21(9-8-14-30(23,24)7)10-11-22-16-25(31)19(3)27(32)18(22)2/h10-11,17,19,23-27,31-32H,2,4,8-9,12-16H2,1,3,5-7H3/b21-10+,22-11-/t17-,19+,23-,24+,25-,26?,27-,30-/m1/s1. The van der Waals surface area contributed by atoms with Gasteiger partial charge in [0.05, 0.1) is 12.2 Å². The summed E-state index contributed by atoms with van der Waals surface area (Å²) in [5.41, 5.74) is 3.79. The number of carbonyl (C=O) groups is 1. The topological polar surface area (TPSA) is 66.8 Å². The van der Waals surface area contributed by atoms with Crippen LogP contribution in [0.3, 0.4) is 0 Å². The molecule has 0 radical (unpaired) electrons. The molecule has 188 valence electrons. The van der Waals surface area contributed by atoms with E-state index in [9.17, 15) is 15.0 Å². The molecule has 2 N–H and O–H groups in total. The molecule has 3 saturated carbocycles. The number of aliphatic hydroxyl groups excluding tert-OH is 2. The summed E-state index contributed by atoms with van der Waals surface area (Å²) in [6, 6.07) is 0. The van der Waals surface area contributed by atoms with E-state index in [0.717, 1.165) is 24.0 Å². The van der Waals surface area contributed by atoms with E-state index in [2.05, 4.69) is 53.0 Å². The second-order valence-corrected chi connectivity index (χ2v) is 12.4. The zero-order valence-electron chi connectivity index (χ0n) is 21.8. The Labute approximate surface area is 205 Å². The summed E-state index contributed by atoms with van der Waals surface area (Å²) in [6.07, 6.45) is 10.5. The zero-order valence-corrected chi connectivity index (χ0v) is 21.8. The Balaban J connectivity index is 1.50. The molecular formula is C30H44O4. The average Bonchev–Trinajstić information content (AvgIpc) is 3.23. The third-order valence-corrected chi connectivity index (χ3v) is 10.2. The largest absolute Gasteiger partial charge is 0.458 e. The molecule has 0 bridgehead atoms. The number of hydrogen-bond donors (Lipinski definition) is 2. The fourth-order valence-electron chi connectivity index (χ4n) is 7.51. The first-order valence-electron chi connectivity index (χ1n) is 13.2. The summed E-state index contributed by atoms with van der Waals surface area (Å²) in [5.74, 6) is 1.23. The molecule has 1 aliphatic heterocycles. The first kappa shape index (κ1) is 25.4. The predicted molar refractivity (Wildman–Crippen MR) is 136 cm³/mol. The highest BCUT2D eigenvalue weighted by Crippen LogP contribution is 2.60. The maximum Gasteiger partial charge on any atom is 0.334 e. The Hall–Kier alpha value is -1.65. The Kier molecular flexibility index (Phi) is 6.81. The number of hydrogen-bond acceptors (Lipinski definition) is 4. The van der Waals surface area contributed by atoms with Gasteiger partial charge in [0.1, 0.15) is 6.10 Å². The number of esters is 1. The highest BCUT2D eigenvalue weighted by molar-refractivity contribution is 5.91. The van der Waals surface area contributed by atoms with Crippen molar-refractivity contribution in [3.05, 3.63) is 47.6 Å². The summed E-state index contributed by atoms with van der Waals surface area (Å²) in [6.45, 7) is 19.0. The molecule has 1 heterocycles. The second-order valence-electron chi connectivity index (χ2n) is 12.4. The highest BCUT2D eigenvalue weighted by Gasteiger charge is 2.53. The van der Waals surface area contributed by atoms with Gasteiger partial charge in [-0.25, -0.2) is 4.79 Å². The lowest BCUT2D eigenvalue weighted by atomic mass is 9.60. The van der Waals surface area contributed by atoms with Crippen molar-refractivity contribution in [1.29, 1.82) is 0 Å². The SMILES string of the molecule is C=C1/C(=C\C=C2/CCC[C@]3(C)[C@@H]([C@H](C)CC4OC(=O)C(=C)C4(C)C)CC[C@@H]23)C[C@@H](O)[C@H](C)[C@@H]1O. The summed E-state index contributed by atoms with van der Waals surface area (Å²) >= 11 is 0. The van der Waals surface area contributed by atoms with Gasteiger partial charge in [0, 0.05) is 16.9 Å². The van der Waals surface area contributed by atoms with Gasteiger partial charge in [-0.15, -0.1) is 0 Å². The van der Waals surface area contributed by atoms with Crippen LogP contribution < -0.4 is 0 Å². The van der Waals surface area contributed by atoms with Gasteiger partial charge in [-0.2, -0.15) is 0 Å². The zero-order chi connectivity index (χ0) is 25.0. The number of ether oxygens (including phenoxy) is 1. The minimum Gasteiger partial charge on any atom is -0.458 e. The molecule has 8 atom stereocenters. The average molecular weight is 469 g/mol. The van der Waals surface area contributed by atoms with Crippen LogP contribution in [0.2, 0.25) is 0 Å². The van der Waals surface area contributed by atoms with E-state index < -0.39 is 12.2 Å². The minimum absolute atomic E-state index is 0.0916. The lowest BCUT2D eigenvalue weighted by Gasteiger charge is -2.45. The number of rotatable bonds is 4. The van der Waals surface area contributed by atoms with Crippen molar-refractivity contribution < 1.29 is 19.7 Å². The number of fused-ring (bicyclic) bond motifs is 1. The number of cyclic esters (lactones) is 1. The van der Waals surface area contributed by atoms with Gasteiger partial charge in [-0.1, -0.05) is 65.5 Å². The van der Waals surface area contributed by atoms with Gasteiger partial charge >= 0.3 is 5.97 Å². The van der Waals surface area contributed by atoms with Crippen molar-refractivity contribution in [1.82, 2.24) is 0 Å². The van der Waals surface area contributed by atoms with Crippen molar-refractivity contribution in [2.75, 3.05) is 0 Å². The molecule has 1 unspecified atom stereocenters. The van der Waals surface area contributed by atoms with Crippen LogP contribution in [-0.4, -0.2) is 34.5 Å². The van der Waals surface area contributed by atoms with Crippen LogP contribution in [0, 0.1) is 34.5 Å². The molecule has 4 heteroatoms. The van der Waals surface area contributed by atoms with E-state index in [1.54, 1.807) is 0 Å². The minimum atomic E-state index is -0.674. The maximum absolute atomic E-state index is 12.1. The number of carbonyl (C=O) groups excluding carboxylic acids is 1. The van der Waals surface area contributed by atoms with Crippen LogP contribution in [-0.2, 0) is 9.53 Å². The number of allylic oxidation sites excluding steroid dienone is 3. The maximum atomic E-state index is 12.1. The lowest BCUT2D eigenvalue weighted by Crippen LogP contribution is -2.38. The highest BCUT2D eigenvalue weighted by atomic mass is 16.6.